The van der Waals surface area contributed by atoms with Gasteiger partial charge in [-0.1, -0.05) is 100 Å². The zero-order valence-electron chi connectivity index (χ0n) is 23.2. The van der Waals surface area contributed by atoms with Crippen LogP contribution in [0.25, 0.3) is 5.70 Å². The number of carbonyl (C=O) groups is 1. The second-order valence-electron chi connectivity index (χ2n) is 10.3. The van der Waals surface area contributed by atoms with Gasteiger partial charge >= 0.3 is 5.97 Å². The van der Waals surface area contributed by atoms with Gasteiger partial charge in [-0.15, -0.1) is 0 Å². The van der Waals surface area contributed by atoms with Crippen LogP contribution in [0.1, 0.15) is 35.7 Å². The van der Waals surface area contributed by atoms with Crippen LogP contribution >= 0.6 is 27.7 Å². The lowest BCUT2D eigenvalue weighted by atomic mass is 9.91. The minimum atomic E-state index is -0.570. The van der Waals surface area contributed by atoms with Gasteiger partial charge in [0.2, 0.25) is 0 Å². The van der Waals surface area contributed by atoms with Crippen molar-refractivity contribution >= 4 is 56.0 Å². The maximum atomic E-state index is 13.8. The highest BCUT2D eigenvalue weighted by atomic mass is 79.9. The highest BCUT2D eigenvalue weighted by molar-refractivity contribution is 9.10. The highest BCUT2D eigenvalue weighted by Gasteiger charge is 2.54. The van der Waals surface area contributed by atoms with Crippen molar-refractivity contribution in [1.29, 1.82) is 0 Å². The summed E-state index contributed by atoms with van der Waals surface area (Å²) in [6.07, 6.45) is 0. The number of hydrogen-bond donors (Lipinski definition) is 1. The quantitative estimate of drug-likeness (QED) is 0.217. The molecule has 1 fully saturated rings. The average Bonchev–Trinajstić information content (AvgIpc) is 3.58. The number of para-hydroxylation sites is 1. The van der Waals surface area contributed by atoms with Crippen molar-refractivity contribution in [1.82, 2.24) is 4.90 Å². The van der Waals surface area contributed by atoms with E-state index in [9.17, 15) is 9.90 Å². The van der Waals surface area contributed by atoms with E-state index in [-0.39, 0.29) is 23.6 Å². The molecule has 3 aliphatic heterocycles. The fourth-order valence-corrected chi connectivity index (χ4v) is 7.40. The van der Waals surface area contributed by atoms with Crippen LogP contribution in [0.5, 0.6) is 5.75 Å². The number of anilines is 1. The van der Waals surface area contributed by atoms with E-state index in [0.717, 1.165) is 37.9 Å². The van der Waals surface area contributed by atoms with Gasteiger partial charge in [0, 0.05) is 10.0 Å². The molecular weight excluding hydrogens is 624 g/mol. The molecule has 7 rings (SSSR count). The number of benzene rings is 4. The van der Waals surface area contributed by atoms with Crippen LogP contribution in [0.2, 0.25) is 0 Å². The molecule has 4 aromatic rings. The molecule has 0 amide bonds. The van der Waals surface area contributed by atoms with Crippen LogP contribution in [0.3, 0.4) is 0 Å². The third kappa shape index (κ3) is 4.92. The molecule has 43 heavy (non-hydrogen) atoms. The number of hydrogen-bond acceptors (Lipinski definition) is 8. The van der Waals surface area contributed by atoms with Crippen LogP contribution in [0.4, 0.5) is 5.69 Å². The second kappa shape index (κ2) is 11.4. The molecule has 1 saturated heterocycles. The van der Waals surface area contributed by atoms with Gasteiger partial charge in [-0.05, 0) is 54.4 Å². The minimum absolute atomic E-state index is 0.0988. The summed E-state index contributed by atoms with van der Waals surface area (Å²) in [7, 11) is 0. The first kappa shape index (κ1) is 27.5. The molecule has 3 atom stereocenters. The van der Waals surface area contributed by atoms with Crippen molar-refractivity contribution in [3.63, 3.8) is 0 Å². The van der Waals surface area contributed by atoms with Crippen molar-refractivity contribution in [2.24, 2.45) is 10.1 Å². The maximum Gasteiger partial charge on any atom is 0.338 e. The van der Waals surface area contributed by atoms with Crippen molar-refractivity contribution in [2.75, 3.05) is 11.6 Å². The third-order valence-electron chi connectivity index (χ3n) is 7.68. The summed E-state index contributed by atoms with van der Waals surface area (Å²) in [4.78, 5) is 21.1. The number of halogens is 1. The Kier molecular flexibility index (Phi) is 7.28. The Hall–Kier alpha value is -4.34. The van der Waals surface area contributed by atoms with E-state index < -0.39 is 12.0 Å². The Bertz CT molecular complexity index is 1760. The molecule has 0 bridgehead atoms. The number of thioether (sulfide) groups is 1. The molecular formula is C34H27BrN4O3S. The van der Waals surface area contributed by atoms with Crippen LogP contribution in [0.15, 0.2) is 129 Å². The molecule has 0 radical (unpaired) electrons. The number of esters is 1. The molecule has 1 N–H and O–H groups in total. The van der Waals surface area contributed by atoms with E-state index in [2.05, 4.69) is 50.1 Å². The molecule has 4 aromatic carbocycles. The van der Waals surface area contributed by atoms with Gasteiger partial charge in [0.15, 0.2) is 5.17 Å². The summed E-state index contributed by atoms with van der Waals surface area (Å²) in [6, 6.07) is 34.5. The lowest BCUT2D eigenvalue weighted by Gasteiger charge is -2.35. The number of amidine groups is 2. The van der Waals surface area contributed by atoms with E-state index in [1.165, 1.54) is 0 Å². The Labute approximate surface area is 262 Å². The number of rotatable bonds is 6. The third-order valence-corrected chi connectivity index (χ3v) is 9.43. The monoisotopic (exact) mass is 650 g/mol. The predicted molar refractivity (Wildman–Crippen MR) is 175 cm³/mol. The van der Waals surface area contributed by atoms with Gasteiger partial charge in [-0.25, -0.2) is 9.79 Å². The van der Waals surface area contributed by atoms with Crippen LogP contribution in [-0.4, -0.2) is 38.8 Å². The summed E-state index contributed by atoms with van der Waals surface area (Å²) >= 11 is 5.23. The van der Waals surface area contributed by atoms with E-state index in [0.29, 0.717) is 11.3 Å². The second-order valence-corrected chi connectivity index (χ2v) is 12.3. The molecule has 3 aliphatic rings. The highest BCUT2D eigenvalue weighted by Crippen LogP contribution is 2.52. The summed E-state index contributed by atoms with van der Waals surface area (Å²) in [5.41, 5.74) is 4.76. The van der Waals surface area contributed by atoms with Gasteiger partial charge in [-0.2, -0.15) is 5.10 Å². The first-order valence-corrected chi connectivity index (χ1v) is 15.7. The molecule has 3 heterocycles. The molecule has 0 aliphatic carbocycles. The predicted octanol–water partition coefficient (Wildman–Crippen LogP) is 7.53. The van der Waals surface area contributed by atoms with Gasteiger partial charge in [0.1, 0.15) is 11.6 Å². The number of phenolic OH excluding ortho intramolecular Hbond substituents is 1. The number of phenols is 1. The Morgan fingerprint density at radius 2 is 1.56 bits per heavy atom. The topological polar surface area (TPSA) is 77.7 Å². The number of carbonyl (C=O) groups excluding carboxylic acids is 1. The fourth-order valence-electron chi connectivity index (χ4n) is 5.79. The lowest BCUT2D eigenvalue weighted by Crippen LogP contribution is -2.40. The first-order chi connectivity index (χ1) is 21.0. The molecule has 214 valence electrons. The SMILES string of the molecule is CCOC(=O)C1=C(c2ccccc2)N=C2SC3C(=NN(c4ccccc4)C3c3ccc(Br)cc3)N2C1c1ccc(O)cc1. The summed E-state index contributed by atoms with van der Waals surface area (Å²) in [5, 5.41) is 18.1. The van der Waals surface area contributed by atoms with Crippen LogP contribution in [0, 0.1) is 0 Å². The van der Waals surface area contributed by atoms with Crippen LogP contribution in [-0.2, 0) is 9.53 Å². The first-order valence-electron chi connectivity index (χ1n) is 14.0. The Balaban J connectivity index is 1.44. The van der Waals surface area contributed by atoms with Gasteiger partial charge in [0.25, 0.3) is 0 Å². The zero-order chi connectivity index (χ0) is 29.5. The molecule has 0 aromatic heterocycles. The van der Waals surface area contributed by atoms with E-state index in [1.807, 2.05) is 72.8 Å². The summed E-state index contributed by atoms with van der Waals surface area (Å²) in [6.45, 7) is 2.03. The number of aromatic hydroxyl groups is 1. The summed E-state index contributed by atoms with van der Waals surface area (Å²) < 4.78 is 6.66. The number of fused-ring (bicyclic) bond motifs is 3. The molecule has 7 nitrogen and oxygen atoms in total. The normalized spacial score (nSPS) is 20.8. The standard InChI is InChI=1S/C34H27BrN4O3S/c1-2-42-33(41)27-28(21-9-5-3-6-10-21)36-34-38(29(27)22-15-19-26(40)20-16-22)32-31(43-34)30(23-13-17-24(35)18-14-23)39(37-32)25-11-7-4-8-12-25/h3-20,29-31,40H,2H2,1H3. The van der Waals surface area contributed by atoms with Crippen molar-refractivity contribution < 1.29 is 14.6 Å². The Morgan fingerprint density at radius 1 is 0.907 bits per heavy atom. The average molecular weight is 652 g/mol. The number of nitrogens with zero attached hydrogens (tertiary/aromatic N) is 4. The molecule has 3 unspecified atom stereocenters. The molecule has 0 spiro atoms. The van der Waals surface area contributed by atoms with Crippen molar-refractivity contribution in [3.05, 3.63) is 136 Å². The molecule has 9 heteroatoms. The van der Waals surface area contributed by atoms with Crippen molar-refractivity contribution in [2.45, 2.75) is 24.3 Å². The lowest BCUT2D eigenvalue weighted by molar-refractivity contribution is -0.139. The van der Waals surface area contributed by atoms with E-state index in [1.54, 1.807) is 30.8 Å². The van der Waals surface area contributed by atoms with Crippen molar-refractivity contribution in [3.8, 4) is 5.75 Å². The smallest absolute Gasteiger partial charge is 0.338 e. The van der Waals surface area contributed by atoms with Gasteiger partial charge < -0.3 is 9.84 Å². The minimum Gasteiger partial charge on any atom is -0.508 e. The van der Waals surface area contributed by atoms with Gasteiger partial charge in [-0.3, -0.25) is 9.91 Å². The number of hydrazone groups is 1. The molecule has 0 saturated carbocycles. The maximum absolute atomic E-state index is 13.8. The largest absolute Gasteiger partial charge is 0.508 e. The van der Waals surface area contributed by atoms with E-state index in [4.69, 9.17) is 14.8 Å². The van der Waals surface area contributed by atoms with Gasteiger partial charge in [0.05, 0.1) is 40.9 Å². The van der Waals surface area contributed by atoms with Crippen LogP contribution < -0.4 is 5.01 Å². The summed E-state index contributed by atoms with van der Waals surface area (Å²) in [5.74, 6) is 0.530. The Morgan fingerprint density at radius 3 is 2.23 bits per heavy atom. The zero-order valence-corrected chi connectivity index (χ0v) is 25.6. The number of ether oxygens (including phenoxy) is 1. The van der Waals surface area contributed by atoms with E-state index >= 15 is 0 Å². The number of aliphatic imine (C=N–C) groups is 1. The fraction of sp³-hybridized carbons (Fsp3) is 0.147.